The van der Waals surface area contributed by atoms with E-state index in [-0.39, 0.29) is 0 Å². The van der Waals surface area contributed by atoms with Gasteiger partial charge in [-0.05, 0) is 215 Å². The quantitative estimate of drug-likeness (QED) is 0.138. The molecular formula is C86H94N18. The third kappa shape index (κ3) is 21.7. The molecule has 16 heterocycles. The fraction of sp³-hybridized carbons (Fsp3) is 0.279. The van der Waals surface area contributed by atoms with E-state index in [9.17, 15) is 0 Å². The van der Waals surface area contributed by atoms with Crippen LogP contribution in [0.2, 0.25) is 0 Å². The highest BCUT2D eigenvalue weighted by Crippen LogP contribution is 2.25. The summed E-state index contributed by atoms with van der Waals surface area (Å²) in [4.78, 5) is 77.1. The second-order valence-electron chi connectivity index (χ2n) is 27.3. The number of fused-ring (bicyclic) bond motifs is 8. The molecule has 0 aromatic carbocycles. The molecule has 0 aliphatic rings. The van der Waals surface area contributed by atoms with Crippen LogP contribution in [-0.2, 0) is 0 Å². The van der Waals surface area contributed by atoms with Crippen molar-refractivity contribution in [3.63, 3.8) is 0 Å². The van der Waals surface area contributed by atoms with Crippen molar-refractivity contribution in [2.24, 2.45) is 0 Å². The molecule has 0 aliphatic heterocycles. The number of hydrogen-bond acceptors (Lipinski definition) is 18. The molecule has 0 N–H and O–H groups in total. The van der Waals surface area contributed by atoms with Crippen molar-refractivity contribution in [2.75, 3.05) is 0 Å². The van der Waals surface area contributed by atoms with Crippen molar-refractivity contribution < 1.29 is 0 Å². The van der Waals surface area contributed by atoms with Crippen molar-refractivity contribution in [1.82, 2.24) is 89.7 Å². The Bertz CT molecular complexity index is 4610. The first-order valence-corrected chi connectivity index (χ1v) is 35.6. The van der Waals surface area contributed by atoms with Crippen molar-refractivity contribution in [3.05, 3.63) is 277 Å². The fourth-order valence-electron chi connectivity index (χ4n) is 10.4. The molecule has 18 heteroatoms. The molecule has 0 amide bonds. The third-order valence-corrected chi connectivity index (χ3v) is 16.6. The predicted molar refractivity (Wildman–Crippen MR) is 425 cm³/mol. The topological polar surface area (TPSA) is 232 Å². The lowest BCUT2D eigenvalue weighted by molar-refractivity contribution is 0.819. The minimum atomic E-state index is 0.402. The van der Waals surface area contributed by atoms with E-state index in [0.717, 1.165) is 100 Å². The zero-order valence-corrected chi connectivity index (χ0v) is 62.6. The lowest BCUT2D eigenvalue weighted by Gasteiger charge is -2.07. The molecule has 0 atom stereocenters. The Kier molecular flexibility index (Phi) is 27.8. The highest BCUT2D eigenvalue weighted by molar-refractivity contribution is 5.80. The fourth-order valence-corrected chi connectivity index (χ4v) is 10.4. The average Bonchev–Trinajstić information content (AvgIpc) is 0.840. The van der Waals surface area contributed by atoms with E-state index >= 15 is 0 Å². The molecule has 18 nitrogen and oxygen atoms in total. The highest BCUT2D eigenvalue weighted by atomic mass is 14.9. The maximum absolute atomic E-state index is 4.51. The van der Waals surface area contributed by atoms with Gasteiger partial charge < -0.3 is 0 Å². The van der Waals surface area contributed by atoms with Gasteiger partial charge in [-0.1, -0.05) is 111 Å². The maximum atomic E-state index is 4.51. The Labute approximate surface area is 610 Å². The summed E-state index contributed by atoms with van der Waals surface area (Å²) < 4.78 is 0. The van der Waals surface area contributed by atoms with Crippen LogP contribution in [0.15, 0.2) is 232 Å². The highest BCUT2D eigenvalue weighted by Gasteiger charge is 2.10. The predicted octanol–water partition coefficient (Wildman–Crippen LogP) is 20.8. The van der Waals surface area contributed by atoms with Gasteiger partial charge in [0.2, 0.25) is 0 Å². The average molecular weight is 1380 g/mol. The van der Waals surface area contributed by atoms with Gasteiger partial charge >= 0.3 is 0 Å². The zero-order chi connectivity index (χ0) is 74.1. The van der Waals surface area contributed by atoms with Gasteiger partial charge in [0.05, 0.1) is 50.7 Å². The molecule has 16 aromatic heterocycles. The number of rotatable bonds is 8. The largest absolute Gasteiger partial charge is 0.255 e. The molecular weight excluding hydrogens is 1290 g/mol. The number of aromatic nitrogens is 18. The van der Waals surface area contributed by atoms with Crippen LogP contribution in [0.1, 0.15) is 203 Å². The molecule has 0 bridgehead atoms. The third-order valence-electron chi connectivity index (χ3n) is 16.6. The summed E-state index contributed by atoms with van der Waals surface area (Å²) in [6.07, 6.45) is 25.3. The molecule has 16 rings (SSSR count). The van der Waals surface area contributed by atoms with Gasteiger partial charge in [-0.3, -0.25) is 34.9 Å². The normalized spacial score (nSPS) is 11.0. The summed E-state index contributed by atoms with van der Waals surface area (Å²) in [6, 6.07) is 47.8. The van der Waals surface area contributed by atoms with E-state index < -0.39 is 0 Å². The maximum Gasteiger partial charge on any atom is 0.178 e. The van der Waals surface area contributed by atoms with E-state index in [1.54, 1.807) is 49.6 Å². The second-order valence-corrected chi connectivity index (χ2v) is 27.3. The first-order chi connectivity index (χ1) is 50.2. The van der Waals surface area contributed by atoms with Crippen molar-refractivity contribution in [3.8, 4) is 0 Å². The van der Waals surface area contributed by atoms with Crippen molar-refractivity contribution in [1.29, 1.82) is 0 Å². The van der Waals surface area contributed by atoms with Crippen molar-refractivity contribution >= 4 is 88.5 Å². The van der Waals surface area contributed by atoms with E-state index in [4.69, 9.17) is 0 Å². The van der Waals surface area contributed by atoms with Crippen LogP contribution in [0.5, 0.6) is 0 Å². The molecule has 528 valence electrons. The summed E-state index contributed by atoms with van der Waals surface area (Å²) in [5.74, 6) is 3.82. The van der Waals surface area contributed by atoms with Crippen LogP contribution in [0.4, 0.5) is 0 Å². The molecule has 104 heavy (non-hydrogen) atoms. The first-order valence-electron chi connectivity index (χ1n) is 35.6. The Hall–Kier alpha value is -11.7. The summed E-state index contributed by atoms with van der Waals surface area (Å²) >= 11 is 0. The van der Waals surface area contributed by atoms with Gasteiger partial charge in [0.1, 0.15) is 11.0 Å². The molecule has 0 aliphatic carbocycles. The molecule has 0 fully saturated rings. The lowest BCUT2D eigenvalue weighted by Crippen LogP contribution is -1.95. The lowest BCUT2D eigenvalue weighted by atomic mass is 10.0. The molecule has 0 saturated heterocycles. The molecule has 0 saturated carbocycles. The van der Waals surface area contributed by atoms with Crippen LogP contribution >= 0.6 is 0 Å². The van der Waals surface area contributed by atoms with Gasteiger partial charge in [0.15, 0.2) is 28.2 Å². The minimum absolute atomic E-state index is 0.402. The Balaban J connectivity index is 0.000000138. The monoisotopic (exact) mass is 1380 g/mol. The second kappa shape index (κ2) is 37.8. The summed E-state index contributed by atoms with van der Waals surface area (Å²) in [5, 5.41) is 3.39. The van der Waals surface area contributed by atoms with Crippen LogP contribution < -0.4 is 0 Å². The van der Waals surface area contributed by atoms with Crippen LogP contribution in [0.25, 0.3) is 88.5 Å². The molecule has 0 spiro atoms. The summed E-state index contributed by atoms with van der Waals surface area (Å²) in [6.45, 7) is 34.3. The van der Waals surface area contributed by atoms with E-state index in [1.165, 1.54) is 27.6 Å². The van der Waals surface area contributed by atoms with Crippen LogP contribution in [0.3, 0.4) is 0 Å². The molecule has 16 aromatic rings. The van der Waals surface area contributed by atoms with Gasteiger partial charge in [-0.2, -0.15) is 0 Å². The smallest absolute Gasteiger partial charge is 0.178 e. The van der Waals surface area contributed by atoms with E-state index in [0.29, 0.717) is 53.0 Å². The first kappa shape index (κ1) is 76.5. The van der Waals surface area contributed by atoms with E-state index in [2.05, 4.69) is 237 Å². The van der Waals surface area contributed by atoms with Gasteiger partial charge in [-0.15, -0.1) is 0 Å². The minimum Gasteiger partial charge on any atom is -0.255 e. The van der Waals surface area contributed by atoms with Crippen LogP contribution in [-0.4, -0.2) is 89.7 Å². The van der Waals surface area contributed by atoms with E-state index in [1.807, 2.05) is 146 Å². The summed E-state index contributed by atoms with van der Waals surface area (Å²) in [5.41, 5.74) is 20.9. The number of pyridine rings is 14. The number of nitrogens with zero attached hydrogens (tertiary/aromatic N) is 18. The van der Waals surface area contributed by atoms with Gasteiger partial charge in [0, 0.05) is 108 Å². The van der Waals surface area contributed by atoms with Crippen LogP contribution in [0, 0.1) is 0 Å². The zero-order valence-electron chi connectivity index (χ0n) is 62.6. The Morgan fingerprint density at radius 2 is 0.635 bits per heavy atom. The molecule has 0 radical (unpaired) electrons. The molecule has 0 unspecified atom stereocenters. The van der Waals surface area contributed by atoms with Gasteiger partial charge in [0.25, 0.3) is 0 Å². The van der Waals surface area contributed by atoms with Crippen molar-refractivity contribution in [2.45, 2.75) is 158 Å². The number of hydrogen-bond donors (Lipinski definition) is 0. The summed E-state index contributed by atoms with van der Waals surface area (Å²) in [7, 11) is 0. The Morgan fingerprint density at radius 3 is 1.31 bits per heavy atom. The standard InChI is InChI=1S/6C11H12N2.2C10H11N3/c1-8(2)9-5-6-10-11(13-9)4-3-7-12-10;1-8(2)10-6-5-9-4-3-7-12-11(9)13-10;1-8(2)9-5-7-12-10-4-3-6-13-11(9)10;1-8(2)9-5-7-13-11-10(9)4-3-6-12-11;1-8(2)9-6-11-10(13-7-9)4-3-5-12-11;1-8(2)10-6-9-4-3-5-12-11(9)13-7-10;1-7(2)9-6-12-10-8(13-9)4-3-5-11-10;1-7(2)9-6-12-8-4-3-5-11-10(8)13-9/h6*3-8H,1-2H3;2*3-7H,1-2H3. The van der Waals surface area contributed by atoms with Gasteiger partial charge in [-0.25, -0.2) is 54.8 Å². The SMILES string of the molecule is CC(C)c1ccc2cccnc2n1.CC(C)c1ccc2ncccc2n1.CC(C)c1ccnc2cccnc12.CC(C)c1ccnc2ncccc12.CC(C)c1cnc2cccnc2c1.CC(C)c1cnc2cccnc2n1.CC(C)c1cnc2ncccc2c1.CC(C)c1cnc2ncccc2n1. The Morgan fingerprint density at radius 1 is 0.212 bits per heavy atom.